The van der Waals surface area contributed by atoms with E-state index in [4.69, 9.17) is 10.5 Å². The van der Waals surface area contributed by atoms with Crippen LogP contribution in [0.25, 0.3) is 0 Å². The highest BCUT2D eigenvalue weighted by atomic mass is 19.1. The number of carbonyl (C=O) groups excluding carboxylic acids is 1. The van der Waals surface area contributed by atoms with Crippen LogP contribution in [0.2, 0.25) is 0 Å². The fourth-order valence-electron chi connectivity index (χ4n) is 2.95. The molecule has 4 heterocycles. The van der Waals surface area contributed by atoms with Crippen LogP contribution in [0, 0.1) is 5.95 Å². The predicted octanol–water partition coefficient (Wildman–Crippen LogP) is 0.809. The molecule has 0 spiro atoms. The van der Waals surface area contributed by atoms with Crippen molar-refractivity contribution in [3.05, 3.63) is 47.9 Å². The SMILES string of the molecule is NC1=C(C=Nc2ccc(N3CCOCC3)nc2)C(=O)N(c2cnc(F)cn2)C1. The first-order valence-corrected chi connectivity index (χ1v) is 8.72. The Labute approximate surface area is 160 Å². The van der Waals surface area contributed by atoms with Gasteiger partial charge in [0.15, 0.2) is 5.82 Å². The first kappa shape index (κ1) is 18.0. The summed E-state index contributed by atoms with van der Waals surface area (Å²) in [7, 11) is 0. The van der Waals surface area contributed by atoms with Gasteiger partial charge in [-0.1, -0.05) is 0 Å². The highest BCUT2D eigenvalue weighted by Crippen LogP contribution is 2.22. The van der Waals surface area contributed by atoms with E-state index < -0.39 is 5.95 Å². The van der Waals surface area contributed by atoms with Gasteiger partial charge >= 0.3 is 0 Å². The first-order chi connectivity index (χ1) is 13.6. The van der Waals surface area contributed by atoms with Crippen LogP contribution in [0.1, 0.15) is 0 Å². The van der Waals surface area contributed by atoms with E-state index in [1.807, 2.05) is 12.1 Å². The molecule has 2 aromatic rings. The Bertz CT molecular complexity index is 922. The third-order valence-corrected chi connectivity index (χ3v) is 4.44. The molecule has 2 aliphatic heterocycles. The van der Waals surface area contributed by atoms with Crippen LogP contribution in [0.5, 0.6) is 0 Å². The predicted molar refractivity (Wildman–Crippen MR) is 101 cm³/mol. The number of amides is 1. The molecule has 0 atom stereocenters. The monoisotopic (exact) mass is 383 g/mol. The third kappa shape index (κ3) is 3.67. The zero-order valence-electron chi connectivity index (χ0n) is 15.0. The van der Waals surface area contributed by atoms with E-state index in [0.29, 0.717) is 24.6 Å². The van der Waals surface area contributed by atoms with E-state index in [1.54, 1.807) is 6.20 Å². The average Bonchev–Trinajstić information content (AvgIpc) is 3.02. The van der Waals surface area contributed by atoms with Gasteiger partial charge in [0.2, 0.25) is 5.95 Å². The Morgan fingerprint density at radius 3 is 2.57 bits per heavy atom. The maximum Gasteiger partial charge on any atom is 0.263 e. The fraction of sp³-hybridized carbons (Fsp3) is 0.278. The number of carbonyl (C=O) groups is 1. The molecule has 0 unspecified atom stereocenters. The van der Waals surface area contributed by atoms with Gasteiger partial charge in [-0.25, -0.2) is 15.0 Å². The molecule has 1 saturated heterocycles. The number of aliphatic imine (C=N–C) groups is 1. The molecule has 2 aromatic heterocycles. The van der Waals surface area contributed by atoms with Gasteiger partial charge < -0.3 is 15.4 Å². The number of pyridine rings is 1. The number of nitrogens with zero attached hydrogens (tertiary/aromatic N) is 6. The number of ether oxygens (including phenoxy) is 1. The summed E-state index contributed by atoms with van der Waals surface area (Å²) in [4.78, 5) is 32.1. The average molecular weight is 383 g/mol. The van der Waals surface area contributed by atoms with E-state index in [1.165, 1.54) is 17.3 Å². The normalized spacial score (nSPS) is 17.8. The van der Waals surface area contributed by atoms with E-state index in [9.17, 15) is 9.18 Å². The molecule has 28 heavy (non-hydrogen) atoms. The second-order valence-corrected chi connectivity index (χ2v) is 6.26. The van der Waals surface area contributed by atoms with Gasteiger partial charge in [-0.2, -0.15) is 4.39 Å². The molecular formula is C18H18FN7O2. The Hall–Kier alpha value is -3.40. The van der Waals surface area contributed by atoms with Crippen LogP contribution in [-0.4, -0.2) is 59.9 Å². The summed E-state index contributed by atoms with van der Waals surface area (Å²) in [5.41, 5.74) is 7.21. The minimum Gasteiger partial charge on any atom is -0.400 e. The van der Waals surface area contributed by atoms with Gasteiger partial charge in [0.05, 0.1) is 49.6 Å². The fourth-order valence-corrected chi connectivity index (χ4v) is 2.95. The van der Waals surface area contributed by atoms with Crippen molar-refractivity contribution in [3.63, 3.8) is 0 Å². The molecular weight excluding hydrogens is 365 g/mol. The number of nitrogens with two attached hydrogens (primary N) is 1. The topological polar surface area (TPSA) is 110 Å². The largest absolute Gasteiger partial charge is 0.400 e. The lowest BCUT2D eigenvalue weighted by molar-refractivity contribution is -0.114. The van der Waals surface area contributed by atoms with Gasteiger partial charge in [-0.3, -0.25) is 14.7 Å². The summed E-state index contributed by atoms with van der Waals surface area (Å²) in [6, 6.07) is 3.71. The molecule has 4 rings (SSSR count). The Kier molecular flexibility index (Phi) is 4.94. The lowest BCUT2D eigenvalue weighted by atomic mass is 10.2. The number of rotatable bonds is 4. The molecule has 0 aliphatic carbocycles. The number of hydrogen-bond acceptors (Lipinski definition) is 8. The Morgan fingerprint density at radius 1 is 1.11 bits per heavy atom. The van der Waals surface area contributed by atoms with Crippen LogP contribution in [0.15, 0.2) is 47.0 Å². The van der Waals surface area contributed by atoms with E-state index in [0.717, 1.165) is 25.1 Å². The minimum absolute atomic E-state index is 0.148. The molecule has 0 aromatic carbocycles. The molecule has 1 fully saturated rings. The summed E-state index contributed by atoms with van der Waals surface area (Å²) in [6.07, 6.45) is 5.20. The van der Waals surface area contributed by atoms with Crippen LogP contribution < -0.4 is 15.5 Å². The van der Waals surface area contributed by atoms with Gasteiger partial charge in [-0.15, -0.1) is 0 Å². The highest BCUT2D eigenvalue weighted by Gasteiger charge is 2.30. The molecule has 2 N–H and O–H groups in total. The van der Waals surface area contributed by atoms with Gasteiger partial charge in [0.1, 0.15) is 5.82 Å². The van der Waals surface area contributed by atoms with Crippen molar-refractivity contribution in [3.8, 4) is 0 Å². The second-order valence-electron chi connectivity index (χ2n) is 6.26. The molecule has 0 saturated carbocycles. The molecule has 1 amide bonds. The van der Waals surface area contributed by atoms with Crippen LogP contribution >= 0.6 is 0 Å². The Morgan fingerprint density at radius 2 is 1.89 bits per heavy atom. The lowest BCUT2D eigenvalue weighted by Crippen LogP contribution is -2.36. The number of aromatic nitrogens is 3. The zero-order chi connectivity index (χ0) is 19.5. The second kappa shape index (κ2) is 7.69. The molecule has 0 radical (unpaired) electrons. The van der Waals surface area contributed by atoms with Crippen molar-refractivity contribution in [2.75, 3.05) is 42.6 Å². The summed E-state index contributed by atoms with van der Waals surface area (Å²) in [6.45, 7) is 3.12. The zero-order valence-corrected chi connectivity index (χ0v) is 15.0. The van der Waals surface area contributed by atoms with E-state index in [2.05, 4.69) is 24.8 Å². The van der Waals surface area contributed by atoms with Gasteiger partial charge in [-0.05, 0) is 12.1 Å². The standard InChI is InChI=1S/C18H18FN7O2/c19-15-9-24-17(10-22-15)26-11-14(20)13(18(26)27)8-21-12-1-2-16(23-7-12)25-3-5-28-6-4-25/h1-2,7-10H,3-6,11,20H2. The van der Waals surface area contributed by atoms with Crippen LogP contribution in [0.3, 0.4) is 0 Å². The number of hydrogen-bond donors (Lipinski definition) is 1. The number of halogens is 1. The third-order valence-electron chi connectivity index (χ3n) is 4.44. The summed E-state index contributed by atoms with van der Waals surface area (Å²) in [5.74, 6) is 0.0134. The number of morpholine rings is 1. The molecule has 2 aliphatic rings. The van der Waals surface area contributed by atoms with Crippen LogP contribution in [0.4, 0.5) is 21.7 Å². The maximum atomic E-state index is 12.9. The molecule has 9 nitrogen and oxygen atoms in total. The number of anilines is 2. The smallest absolute Gasteiger partial charge is 0.263 e. The first-order valence-electron chi connectivity index (χ1n) is 8.72. The summed E-state index contributed by atoms with van der Waals surface area (Å²) in [5, 5.41) is 0. The van der Waals surface area contributed by atoms with E-state index in [-0.39, 0.29) is 23.8 Å². The summed E-state index contributed by atoms with van der Waals surface area (Å²) >= 11 is 0. The van der Waals surface area contributed by atoms with Crippen molar-refractivity contribution in [1.29, 1.82) is 0 Å². The quantitative estimate of drug-likeness (QED) is 0.778. The maximum absolute atomic E-state index is 12.9. The van der Waals surface area contributed by atoms with Crippen molar-refractivity contribution in [1.82, 2.24) is 15.0 Å². The van der Waals surface area contributed by atoms with Crippen molar-refractivity contribution >= 4 is 29.4 Å². The van der Waals surface area contributed by atoms with Crippen molar-refractivity contribution < 1.29 is 13.9 Å². The van der Waals surface area contributed by atoms with Gasteiger partial charge in [0.25, 0.3) is 5.91 Å². The minimum atomic E-state index is -0.717. The molecule has 10 heteroatoms. The van der Waals surface area contributed by atoms with E-state index >= 15 is 0 Å². The highest BCUT2D eigenvalue weighted by molar-refractivity contribution is 6.21. The van der Waals surface area contributed by atoms with Crippen molar-refractivity contribution in [2.24, 2.45) is 10.7 Å². The van der Waals surface area contributed by atoms with Crippen LogP contribution in [-0.2, 0) is 9.53 Å². The lowest BCUT2D eigenvalue weighted by Gasteiger charge is -2.27. The van der Waals surface area contributed by atoms with Gasteiger partial charge in [0, 0.05) is 25.0 Å². The van der Waals surface area contributed by atoms with Crippen molar-refractivity contribution in [2.45, 2.75) is 0 Å². The summed E-state index contributed by atoms with van der Waals surface area (Å²) < 4.78 is 18.3. The Balaban J connectivity index is 1.45. The molecule has 144 valence electrons. The molecule has 0 bridgehead atoms.